The van der Waals surface area contributed by atoms with Gasteiger partial charge in [0.2, 0.25) is 0 Å². The lowest BCUT2D eigenvalue weighted by Gasteiger charge is -2.07. The second kappa shape index (κ2) is 6.37. The Labute approximate surface area is 158 Å². The van der Waals surface area contributed by atoms with Crippen molar-refractivity contribution in [2.45, 2.75) is 6.42 Å². The lowest BCUT2D eigenvalue weighted by molar-refractivity contribution is 0.103. The van der Waals surface area contributed by atoms with E-state index in [0.717, 1.165) is 28.7 Å². The van der Waals surface area contributed by atoms with Crippen LogP contribution in [0.15, 0.2) is 97.1 Å². The highest BCUT2D eigenvalue weighted by Crippen LogP contribution is 2.37. The highest BCUT2D eigenvalue weighted by Gasteiger charge is 2.19. The van der Waals surface area contributed by atoms with Crippen molar-refractivity contribution in [1.82, 2.24) is 0 Å². The molecule has 0 atom stereocenters. The quantitative estimate of drug-likeness (QED) is 0.358. The van der Waals surface area contributed by atoms with Gasteiger partial charge in [-0.25, -0.2) is 0 Å². The highest BCUT2D eigenvalue weighted by molar-refractivity contribution is 6.09. The maximum Gasteiger partial charge on any atom is 0.193 e. The first kappa shape index (κ1) is 15.8. The second-order valence-corrected chi connectivity index (χ2v) is 6.98. The molecule has 5 rings (SSSR count). The molecule has 0 aromatic heterocycles. The van der Waals surface area contributed by atoms with Crippen LogP contribution in [-0.2, 0) is 6.42 Å². The molecule has 1 aliphatic carbocycles. The zero-order valence-corrected chi connectivity index (χ0v) is 14.9. The maximum atomic E-state index is 13.0. The first-order valence-corrected chi connectivity index (χ1v) is 9.21. The largest absolute Gasteiger partial charge is 0.289 e. The van der Waals surface area contributed by atoms with E-state index in [1.54, 1.807) is 0 Å². The predicted octanol–water partition coefficient (Wildman–Crippen LogP) is 6.16. The SMILES string of the molecule is O=C(c1ccc(-c2ccccc2)cc1)c1ccc2c(c1)Cc1ccccc1-2. The zero-order valence-electron chi connectivity index (χ0n) is 14.9. The van der Waals surface area contributed by atoms with Crippen LogP contribution in [0, 0.1) is 0 Å². The van der Waals surface area contributed by atoms with Gasteiger partial charge >= 0.3 is 0 Å². The van der Waals surface area contributed by atoms with E-state index in [2.05, 4.69) is 48.5 Å². The van der Waals surface area contributed by atoms with Crippen LogP contribution < -0.4 is 0 Å². The summed E-state index contributed by atoms with van der Waals surface area (Å²) >= 11 is 0. The summed E-state index contributed by atoms with van der Waals surface area (Å²) in [6.07, 6.45) is 0.902. The highest BCUT2D eigenvalue weighted by atomic mass is 16.1. The average molecular weight is 346 g/mol. The van der Waals surface area contributed by atoms with E-state index in [4.69, 9.17) is 0 Å². The van der Waals surface area contributed by atoms with Gasteiger partial charge in [0, 0.05) is 11.1 Å². The number of carbonyl (C=O) groups excluding carboxylic acids is 1. The summed E-state index contributed by atoms with van der Waals surface area (Å²) in [6.45, 7) is 0. The summed E-state index contributed by atoms with van der Waals surface area (Å²) < 4.78 is 0. The molecular weight excluding hydrogens is 328 g/mol. The standard InChI is InChI=1S/C26H18O/c27-26(20-12-10-19(11-13-20)18-6-2-1-3-7-18)22-14-15-25-23(17-22)16-21-8-4-5-9-24(21)25/h1-15,17H,16H2. The van der Waals surface area contributed by atoms with E-state index >= 15 is 0 Å². The van der Waals surface area contributed by atoms with Crippen LogP contribution in [0.3, 0.4) is 0 Å². The topological polar surface area (TPSA) is 17.1 Å². The smallest absolute Gasteiger partial charge is 0.193 e. The lowest BCUT2D eigenvalue weighted by Crippen LogP contribution is -2.02. The number of ketones is 1. The Morgan fingerprint density at radius 2 is 1.19 bits per heavy atom. The Bertz CT molecular complexity index is 1140. The summed E-state index contributed by atoms with van der Waals surface area (Å²) in [4.78, 5) is 13.0. The van der Waals surface area contributed by atoms with Gasteiger partial charge in [-0.15, -0.1) is 0 Å². The second-order valence-electron chi connectivity index (χ2n) is 6.98. The molecule has 128 valence electrons. The van der Waals surface area contributed by atoms with E-state index in [1.807, 2.05) is 48.5 Å². The predicted molar refractivity (Wildman–Crippen MR) is 110 cm³/mol. The molecular formula is C26H18O. The van der Waals surface area contributed by atoms with Crippen molar-refractivity contribution in [3.63, 3.8) is 0 Å². The fraction of sp³-hybridized carbons (Fsp3) is 0.0385. The Kier molecular flexibility index (Phi) is 3.72. The summed E-state index contributed by atoms with van der Waals surface area (Å²) in [6, 6.07) is 32.7. The van der Waals surface area contributed by atoms with Gasteiger partial charge in [0.15, 0.2) is 5.78 Å². The van der Waals surface area contributed by atoms with Gasteiger partial charge in [0.05, 0.1) is 0 Å². The molecule has 0 heterocycles. The van der Waals surface area contributed by atoms with Crippen LogP contribution in [0.4, 0.5) is 0 Å². The molecule has 1 nitrogen and oxygen atoms in total. The summed E-state index contributed by atoms with van der Waals surface area (Å²) in [5.41, 5.74) is 8.88. The van der Waals surface area contributed by atoms with Crippen molar-refractivity contribution in [1.29, 1.82) is 0 Å². The first-order chi connectivity index (χ1) is 13.3. The zero-order chi connectivity index (χ0) is 18.2. The van der Waals surface area contributed by atoms with Gasteiger partial charge in [0.1, 0.15) is 0 Å². The van der Waals surface area contributed by atoms with Gasteiger partial charge < -0.3 is 0 Å². The molecule has 0 unspecified atom stereocenters. The molecule has 1 heteroatoms. The molecule has 1 aliphatic rings. The molecule has 0 saturated carbocycles. The van der Waals surface area contributed by atoms with Crippen LogP contribution in [0.2, 0.25) is 0 Å². The molecule has 4 aromatic rings. The maximum absolute atomic E-state index is 13.0. The minimum atomic E-state index is 0.0772. The van der Waals surface area contributed by atoms with Gasteiger partial charge in [-0.3, -0.25) is 4.79 Å². The Morgan fingerprint density at radius 3 is 2.00 bits per heavy atom. The number of benzene rings is 4. The third-order valence-corrected chi connectivity index (χ3v) is 5.31. The number of hydrogen-bond acceptors (Lipinski definition) is 1. The number of hydrogen-bond donors (Lipinski definition) is 0. The van der Waals surface area contributed by atoms with Crippen LogP contribution in [0.5, 0.6) is 0 Å². The molecule has 0 N–H and O–H groups in total. The Morgan fingerprint density at radius 1 is 0.556 bits per heavy atom. The lowest BCUT2D eigenvalue weighted by atomic mass is 9.96. The number of fused-ring (bicyclic) bond motifs is 3. The van der Waals surface area contributed by atoms with Crippen LogP contribution in [0.25, 0.3) is 22.3 Å². The number of carbonyl (C=O) groups is 1. The van der Waals surface area contributed by atoms with Gasteiger partial charge in [-0.05, 0) is 45.9 Å². The Balaban J connectivity index is 1.44. The minimum Gasteiger partial charge on any atom is -0.289 e. The van der Waals surface area contributed by atoms with Crippen molar-refractivity contribution in [2.24, 2.45) is 0 Å². The molecule has 0 fully saturated rings. The fourth-order valence-electron chi connectivity index (χ4n) is 3.90. The van der Waals surface area contributed by atoms with Crippen molar-refractivity contribution >= 4 is 5.78 Å². The summed E-state index contributed by atoms with van der Waals surface area (Å²) in [5, 5.41) is 0. The summed E-state index contributed by atoms with van der Waals surface area (Å²) in [5.74, 6) is 0.0772. The van der Waals surface area contributed by atoms with E-state index < -0.39 is 0 Å². The van der Waals surface area contributed by atoms with E-state index in [1.165, 1.54) is 22.3 Å². The van der Waals surface area contributed by atoms with E-state index in [-0.39, 0.29) is 5.78 Å². The van der Waals surface area contributed by atoms with Gasteiger partial charge in [-0.2, -0.15) is 0 Å². The van der Waals surface area contributed by atoms with Crippen LogP contribution >= 0.6 is 0 Å². The molecule has 0 radical (unpaired) electrons. The third kappa shape index (κ3) is 2.78. The van der Waals surface area contributed by atoms with Crippen molar-refractivity contribution < 1.29 is 4.79 Å². The third-order valence-electron chi connectivity index (χ3n) is 5.31. The summed E-state index contributed by atoms with van der Waals surface area (Å²) in [7, 11) is 0. The molecule has 0 bridgehead atoms. The molecule has 0 saturated heterocycles. The van der Waals surface area contributed by atoms with Crippen molar-refractivity contribution in [3.8, 4) is 22.3 Å². The normalized spacial score (nSPS) is 11.7. The monoisotopic (exact) mass is 346 g/mol. The van der Waals surface area contributed by atoms with Gasteiger partial charge in [-0.1, -0.05) is 91.0 Å². The van der Waals surface area contributed by atoms with Crippen LogP contribution in [-0.4, -0.2) is 5.78 Å². The number of rotatable bonds is 3. The fourth-order valence-corrected chi connectivity index (χ4v) is 3.90. The van der Waals surface area contributed by atoms with Crippen molar-refractivity contribution in [3.05, 3.63) is 119 Å². The molecule has 0 amide bonds. The molecule has 4 aromatic carbocycles. The van der Waals surface area contributed by atoms with Crippen LogP contribution in [0.1, 0.15) is 27.0 Å². The first-order valence-electron chi connectivity index (χ1n) is 9.21. The van der Waals surface area contributed by atoms with E-state index in [9.17, 15) is 4.79 Å². The van der Waals surface area contributed by atoms with E-state index in [0.29, 0.717) is 0 Å². The van der Waals surface area contributed by atoms with Gasteiger partial charge in [0.25, 0.3) is 0 Å². The average Bonchev–Trinajstić information content (AvgIpc) is 3.12. The van der Waals surface area contributed by atoms with Crippen molar-refractivity contribution in [2.75, 3.05) is 0 Å². The molecule has 0 spiro atoms. The molecule has 0 aliphatic heterocycles. The minimum absolute atomic E-state index is 0.0772. The Hall–Kier alpha value is -3.45. The molecule has 27 heavy (non-hydrogen) atoms.